The molecule has 2 aromatic rings. The summed E-state index contributed by atoms with van der Waals surface area (Å²) >= 11 is 1.67. The fraction of sp³-hybridized carbons (Fsp3) is 0.444. The third-order valence-electron chi connectivity index (χ3n) is 4.18. The Morgan fingerprint density at radius 2 is 2.08 bits per heavy atom. The molecule has 0 aliphatic heterocycles. The molecule has 24 heavy (non-hydrogen) atoms. The van der Waals surface area contributed by atoms with Gasteiger partial charge in [-0.1, -0.05) is 29.8 Å². The number of nitrogens with one attached hydrogen (secondary N) is 2. The average molecular weight is 345 g/mol. The highest BCUT2D eigenvalue weighted by atomic mass is 32.1. The normalized spacial score (nSPS) is 16.5. The van der Waals surface area contributed by atoms with Crippen LogP contribution >= 0.6 is 11.3 Å². The van der Waals surface area contributed by atoms with Crippen molar-refractivity contribution in [2.24, 2.45) is 0 Å². The number of amides is 2. The van der Waals surface area contributed by atoms with E-state index in [0.29, 0.717) is 5.92 Å². The number of carbonyl (C=O) groups excluding carboxylic acids is 1. The van der Waals surface area contributed by atoms with E-state index in [0.717, 1.165) is 16.8 Å². The summed E-state index contributed by atoms with van der Waals surface area (Å²) in [5, 5.41) is 18.9. The van der Waals surface area contributed by atoms with E-state index in [1.54, 1.807) is 11.3 Å². The van der Waals surface area contributed by atoms with Gasteiger partial charge in [0.25, 0.3) is 0 Å². The Balaban J connectivity index is 1.46. The van der Waals surface area contributed by atoms with Gasteiger partial charge in [0.2, 0.25) is 0 Å². The van der Waals surface area contributed by atoms with Gasteiger partial charge in [0, 0.05) is 17.8 Å². The molecule has 1 heterocycles. The highest BCUT2D eigenvalue weighted by Gasteiger charge is 2.27. The SMILES string of the molecule is Cc1ccc([C@@H](O)CNC(=O)N[C@@H](C)c2csc(C3CC3)n2)cc1. The first kappa shape index (κ1) is 16.9. The van der Waals surface area contributed by atoms with Crippen molar-refractivity contribution in [3.63, 3.8) is 0 Å². The molecule has 1 saturated carbocycles. The van der Waals surface area contributed by atoms with E-state index in [2.05, 4.69) is 15.6 Å². The van der Waals surface area contributed by atoms with Crippen LogP contribution < -0.4 is 10.6 Å². The predicted octanol–water partition coefficient (Wildman–Crippen LogP) is 3.42. The van der Waals surface area contributed by atoms with Gasteiger partial charge >= 0.3 is 6.03 Å². The van der Waals surface area contributed by atoms with Gasteiger partial charge in [-0.15, -0.1) is 11.3 Å². The first-order valence-electron chi connectivity index (χ1n) is 8.27. The lowest BCUT2D eigenvalue weighted by Crippen LogP contribution is -2.39. The van der Waals surface area contributed by atoms with Crippen molar-refractivity contribution in [2.45, 2.75) is 44.8 Å². The highest BCUT2D eigenvalue weighted by Crippen LogP contribution is 2.41. The monoisotopic (exact) mass is 345 g/mol. The lowest BCUT2D eigenvalue weighted by atomic mass is 10.1. The molecule has 1 fully saturated rings. The number of hydrogen-bond donors (Lipinski definition) is 3. The van der Waals surface area contributed by atoms with Gasteiger partial charge in [-0.05, 0) is 32.3 Å². The molecule has 128 valence electrons. The minimum atomic E-state index is -0.715. The van der Waals surface area contributed by atoms with Crippen LogP contribution in [0.1, 0.15) is 59.7 Å². The molecule has 5 nitrogen and oxygen atoms in total. The fourth-order valence-corrected chi connectivity index (χ4v) is 3.52. The molecule has 1 aliphatic carbocycles. The molecule has 2 amide bonds. The Hall–Kier alpha value is -1.92. The van der Waals surface area contributed by atoms with Crippen LogP contribution in [0.15, 0.2) is 29.6 Å². The zero-order chi connectivity index (χ0) is 17.1. The molecule has 3 rings (SSSR count). The molecular weight excluding hydrogens is 322 g/mol. The number of aliphatic hydroxyl groups excluding tert-OH is 1. The van der Waals surface area contributed by atoms with Gasteiger partial charge in [-0.2, -0.15) is 0 Å². The largest absolute Gasteiger partial charge is 0.387 e. The van der Waals surface area contributed by atoms with Gasteiger partial charge < -0.3 is 15.7 Å². The minimum absolute atomic E-state index is 0.148. The smallest absolute Gasteiger partial charge is 0.315 e. The van der Waals surface area contributed by atoms with Crippen molar-refractivity contribution in [1.82, 2.24) is 15.6 Å². The minimum Gasteiger partial charge on any atom is -0.387 e. The summed E-state index contributed by atoms with van der Waals surface area (Å²) in [6, 6.07) is 7.19. The number of thiazole rings is 1. The standard InChI is InChI=1S/C18H23N3O2S/c1-11-3-5-13(6-4-11)16(22)9-19-18(23)20-12(2)15-10-24-17(21-15)14-7-8-14/h3-6,10,12,14,16,22H,7-9H2,1-2H3,(H2,19,20,23)/t12-,16-/m0/s1. The lowest BCUT2D eigenvalue weighted by molar-refractivity contribution is 0.172. The third-order valence-corrected chi connectivity index (χ3v) is 5.20. The average Bonchev–Trinajstić information content (AvgIpc) is 3.30. The lowest BCUT2D eigenvalue weighted by Gasteiger charge is -2.15. The van der Waals surface area contributed by atoms with Crippen molar-refractivity contribution in [1.29, 1.82) is 0 Å². The van der Waals surface area contributed by atoms with Crippen molar-refractivity contribution in [2.75, 3.05) is 6.54 Å². The summed E-state index contributed by atoms with van der Waals surface area (Å²) in [5.74, 6) is 0.634. The molecular formula is C18H23N3O2S. The Labute approximate surface area is 146 Å². The fourth-order valence-electron chi connectivity index (χ4n) is 2.43. The number of aromatic nitrogens is 1. The summed E-state index contributed by atoms with van der Waals surface area (Å²) in [6.07, 6.45) is 1.74. The molecule has 3 N–H and O–H groups in total. The van der Waals surface area contributed by atoms with Crippen LogP contribution in [0.25, 0.3) is 0 Å². The van der Waals surface area contributed by atoms with E-state index < -0.39 is 6.10 Å². The Bertz CT molecular complexity index is 695. The van der Waals surface area contributed by atoms with E-state index in [-0.39, 0.29) is 18.6 Å². The molecule has 0 radical (unpaired) electrons. The van der Waals surface area contributed by atoms with E-state index in [4.69, 9.17) is 0 Å². The number of urea groups is 1. The summed E-state index contributed by atoms with van der Waals surface area (Å²) in [6.45, 7) is 4.09. The van der Waals surface area contributed by atoms with Crippen LogP contribution in [-0.4, -0.2) is 22.7 Å². The van der Waals surface area contributed by atoms with E-state index >= 15 is 0 Å². The number of aryl methyl sites for hydroxylation is 1. The van der Waals surface area contributed by atoms with E-state index in [9.17, 15) is 9.90 Å². The van der Waals surface area contributed by atoms with Crippen molar-refractivity contribution in [3.05, 3.63) is 51.5 Å². The molecule has 0 unspecified atom stereocenters. The molecule has 1 aromatic heterocycles. The summed E-state index contributed by atoms with van der Waals surface area (Å²) < 4.78 is 0. The van der Waals surface area contributed by atoms with Gasteiger partial charge in [-0.3, -0.25) is 0 Å². The second-order valence-corrected chi connectivity index (χ2v) is 7.28. The number of carbonyl (C=O) groups is 1. The second-order valence-electron chi connectivity index (χ2n) is 6.39. The molecule has 0 saturated heterocycles. The Morgan fingerprint density at radius 1 is 1.38 bits per heavy atom. The number of benzene rings is 1. The van der Waals surface area contributed by atoms with Gasteiger partial charge in [0.05, 0.1) is 22.8 Å². The molecule has 1 aromatic carbocycles. The predicted molar refractivity (Wildman–Crippen MR) is 95.2 cm³/mol. The van der Waals surface area contributed by atoms with Crippen LogP contribution in [0.3, 0.4) is 0 Å². The topological polar surface area (TPSA) is 74.2 Å². The number of nitrogens with zero attached hydrogens (tertiary/aromatic N) is 1. The molecule has 6 heteroatoms. The molecule has 0 spiro atoms. The van der Waals surface area contributed by atoms with E-state index in [1.165, 1.54) is 17.8 Å². The summed E-state index contributed by atoms with van der Waals surface area (Å²) in [5.41, 5.74) is 2.83. The van der Waals surface area contributed by atoms with Crippen molar-refractivity contribution in [3.8, 4) is 0 Å². The van der Waals surface area contributed by atoms with Gasteiger partial charge in [0.15, 0.2) is 0 Å². The van der Waals surface area contributed by atoms with Crippen LogP contribution in [-0.2, 0) is 0 Å². The number of hydrogen-bond acceptors (Lipinski definition) is 4. The van der Waals surface area contributed by atoms with Crippen LogP contribution in [0.2, 0.25) is 0 Å². The Kier molecular flexibility index (Phi) is 5.16. The quantitative estimate of drug-likeness (QED) is 0.751. The highest BCUT2D eigenvalue weighted by molar-refractivity contribution is 7.09. The maximum Gasteiger partial charge on any atom is 0.315 e. The van der Waals surface area contributed by atoms with Gasteiger partial charge in [-0.25, -0.2) is 9.78 Å². The van der Waals surface area contributed by atoms with Crippen LogP contribution in [0.5, 0.6) is 0 Å². The summed E-state index contributed by atoms with van der Waals surface area (Å²) in [4.78, 5) is 16.6. The molecule has 0 bridgehead atoms. The van der Waals surface area contributed by atoms with Crippen molar-refractivity contribution >= 4 is 17.4 Å². The van der Waals surface area contributed by atoms with Gasteiger partial charge in [0.1, 0.15) is 0 Å². The zero-order valence-electron chi connectivity index (χ0n) is 14.0. The number of rotatable bonds is 6. The first-order valence-corrected chi connectivity index (χ1v) is 9.15. The second kappa shape index (κ2) is 7.32. The van der Waals surface area contributed by atoms with Crippen molar-refractivity contribution < 1.29 is 9.90 Å². The molecule has 2 atom stereocenters. The zero-order valence-corrected chi connectivity index (χ0v) is 14.8. The molecule has 1 aliphatic rings. The van der Waals surface area contributed by atoms with Crippen LogP contribution in [0.4, 0.5) is 4.79 Å². The maximum absolute atomic E-state index is 12.0. The number of aliphatic hydroxyl groups is 1. The van der Waals surface area contributed by atoms with Crippen LogP contribution in [0, 0.1) is 6.92 Å². The maximum atomic E-state index is 12.0. The van der Waals surface area contributed by atoms with E-state index in [1.807, 2.05) is 43.5 Å². The first-order chi connectivity index (χ1) is 11.5. The summed E-state index contributed by atoms with van der Waals surface area (Å²) in [7, 11) is 0. The third kappa shape index (κ3) is 4.33. The Morgan fingerprint density at radius 3 is 2.75 bits per heavy atom.